The Kier molecular flexibility index (Phi) is 4.81. The van der Waals surface area contributed by atoms with Gasteiger partial charge in [-0.25, -0.2) is 15.0 Å². The highest BCUT2D eigenvalue weighted by Gasteiger charge is 2.22. The van der Waals surface area contributed by atoms with Gasteiger partial charge in [-0.15, -0.1) is 10.2 Å². The predicted molar refractivity (Wildman–Crippen MR) is 106 cm³/mol. The van der Waals surface area contributed by atoms with Crippen LogP contribution in [0.15, 0.2) is 51.6 Å². The van der Waals surface area contributed by atoms with E-state index < -0.39 is 0 Å². The third-order valence-corrected chi connectivity index (χ3v) is 5.86. The zero-order chi connectivity index (χ0) is 19.6. The maximum Gasteiger partial charge on any atom is 0.198 e. The van der Waals surface area contributed by atoms with Crippen molar-refractivity contribution in [3.8, 4) is 11.5 Å². The summed E-state index contributed by atoms with van der Waals surface area (Å²) in [7, 11) is 0. The van der Waals surface area contributed by atoms with Crippen LogP contribution in [0.4, 0.5) is 0 Å². The maximum absolute atomic E-state index is 5.57. The Bertz CT molecular complexity index is 1130. The molecule has 0 atom stereocenters. The van der Waals surface area contributed by atoms with Crippen LogP contribution in [0.3, 0.4) is 0 Å². The Morgan fingerprint density at radius 2 is 2.07 bits per heavy atom. The van der Waals surface area contributed by atoms with Crippen molar-refractivity contribution < 1.29 is 4.42 Å². The summed E-state index contributed by atoms with van der Waals surface area (Å²) in [4.78, 5) is 17.9. The molecule has 29 heavy (non-hydrogen) atoms. The van der Waals surface area contributed by atoms with Gasteiger partial charge in [0.2, 0.25) is 0 Å². The number of rotatable bonds is 5. The van der Waals surface area contributed by atoms with E-state index >= 15 is 0 Å². The van der Waals surface area contributed by atoms with Gasteiger partial charge in [-0.05, 0) is 56.5 Å². The molecule has 4 heterocycles. The molecule has 8 nitrogen and oxygen atoms in total. The van der Waals surface area contributed by atoms with Crippen molar-refractivity contribution in [3.05, 3.63) is 59.8 Å². The van der Waals surface area contributed by atoms with Crippen LogP contribution in [-0.2, 0) is 19.4 Å². The molecule has 0 spiro atoms. The number of aryl methyl sites for hydroxylation is 2. The van der Waals surface area contributed by atoms with Crippen molar-refractivity contribution in [2.75, 3.05) is 0 Å². The second-order valence-electron chi connectivity index (χ2n) is 6.87. The lowest BCUT2D eigenvalue weighted by molar-refractivity contribution is 0.485. The largest absolute Gasteiger partial charge is 0.467 e. The van der Waals surface area contributed by atoms with Crippen LogP contribution < -0.4 is 0 Å². The fourth-order valence-electron chi connectivity index (χ4n) is 3.52. The molecule has 4 aromatic rings. The van der Waals surface area contributed by atoms with E-state index in [1.54, 1.807) is 24.9 Å². The summed E-state index contributed by atoms with van der Waals surface area (Å²) < 4.78 is 7.57. The van der Waals surface area contributed by atoms with Gasteiger partial charge in [0.05, 0.1) is 19.0 Å². The number of hydrogen-bond donors (Lipinski definition) is 0. The molecule has 0 saturated carbocycles. The topological polar surface area (TPSA) is 95.4 Å². The van der Waals surface area contributed by atoms with Crippen molar-refractivity contribution in [1.29, 1.82) is 0 Å². The zero-order valence-corrected chi connectivity index (χ0v) is 16.8. The average molecular weight is 405 g/mol. The van der Waals surface area contributed by atoms with Crippen LogP contribution >= 0.6 is 11.8 Å². The van der Waals surface area contributed by atoms with Gasteiger partial charge >= 0.3 is 0 Å². The highest BCUT2D eigenvalue weighted by Crippen LogP contribution is 2.34. The third kappa shape index (κ3) is 3.65. The van der Waals surface area contributed by atoms with E-state index in [0.717, 1.165) is 46.7 Å². The molecule has 5 rings (SSSR count). The van der Waals surface area contributed by atoms with Crippen LogP contribution in [0, 0.1) is 6.92 Å². The van der Waals surface area contributed by atoms with Crippen LogP contribution in [0.25, 0.3) is 11.5 Å². The molecule has 0 saturated heterocycles. The lowest BCUT2D eigenvalue weighted by Crippen LogP contribution is -2.11. The van der Waals surface area contributed by atoms with E-state index in [0.29, 0.717) is 18.1 Å². The second-order valence-corrected chi connectivity index (χ2v) is 7.83. The summed E-state index contributed by atoms with van der Waals surface area (Å²) in [6.07, 6.45) is 11.0. The number of hydrogen-bond acceptors (Lipinski definition) is 8. The number of nitrogens with zero attached hydrogens (tertiary/aromatic N) is 7. The summed E-state index contributed by atoms with van der Waals surface area (Å²) in [6.45, 7) is 2.44. The zero-order valence-electron chi connectivity index (χ0n) is 15.9. The van der Waals surface area contributed by atoms with E-state index in [9.17, 15) is 0 Å². The summed E-state index contributed by atoms with van der Waals surface area (Å²) in [5, 5.41) is 10.6. The van der Waals surface area contributed by atoms with Crippen LogP contribution in [0.1, 0.15) is 35.7 Å². The SMILES string of the molecule is Cc1nc2c(c(Sc3nnc(-c4cnccn4)n3Cc3ccco3)n1)CCCC2. The van der Waals surface area contributed by atoms with Gasteiger partial charge in [-0.1, -0.05) is 0 Å². The summed E-state index contributed by atoms with van der Waals surface area (Å²) in [5.74, 6) is 2.26. The summed E-state index contributed by atoms with van der Waals surface area (Å²) in [5.41, 5.74) is 3.07. The van der Waals surface area contributed by atoms with Gasteiger partial charge in [0.15, 0.2) is 11.0 Å². The van der Waals surface area contributed by atoms with Crippen LogP contribution in [-0.4, -0.2) is 34.7 Å². The summed E-state index contributed by atoms with van der Waals surface area (Å²) in [6, 6.07) is 3.81. The smallest absolute Gasteiger partial charge is 0.198 e. The van der Waals surface area contributed by atoms with E-state index in [1.807, 2.05) is 23.6 Å². The lowest BCUT2D eigenvalue weighted by atomic mass is 9.97. The first-order valence-electron chi connectivity index (χ1n) is 9.54. The van der Waals surface area contributed by atoms with Crippen molar-refractivity contribution in [1.82, 2.24) is 34.7 Å². The molecule has 0 aromatic carbocycles. The third-order valence-electron chi connectivity index (χ3n) is 4.85. The molecule has 0 unspecified atom stereocenters. The summed E-state index contributed by atoms with van der Waals surface area (Å²) >= 11 is 1.53. The van der Waals surface area contributed by atoms with Gasteiger partial charge in [0.1, 0.15) is 22.3 Å². The van der Waals surface area contributed by atoms with E-state index in [1.165, 1.54) is 23.7 Å². The molecule has 0 radical (unpaired) electrons. The monoisotopic (exact) mass is 405 g/mol. The Balaban J connectivity index is 1.57. The number of furan rings is 1. The molecule has 4 aromatic heterocycles. The van der Waals surface area contributed by atoms with Gasteiger partial charge in [-0.3, -0.25) is 9.55 Å². The number of aromatic nitrogens is 7. The Morgan fingerprint density at radius 3 is 2.90 bits per heavy atom. The first-order chi connectivity index (χ1) is 14.3. The van der Waals surface area contributed by atoms with Crippen LogP contribution in [0.5, 0.6) is 0 Å². The Hall–Kier alpha value is -3.07. The molecule has 1 aliphatic rings. The van der Waals surface area contributed by atoms with Gasteiger partial charge in [0, 0.05) is 23.7 Å². The standard InChI is InChI=1S/C20H19N7OS/c1-13-23-16-7-3-2-6-15(16)19(24-13)29-20-26-25-18(17-11-21-8-9-22-17)27(20)12-14-5-4-10-28-14/h4-5,8-11H,2-3,6-7,12H2,1H3. The quantitative estimate of drug-likeness (QED) is 0.466. The van der Waals surface area contributed by atoms with E-state index in [-0.39, 0.29) is 0 Å². The van der Waals surface area contributed by atoms with Crippen molar-refractivity contribution in [3.63, 3.8) is 0 Å². The molecular weight excluding hydrogens is 386 g/mol. The minimum atomic E-state index is 0.500. The molecule has 146 valence electrons. The molecule has 0 bridgehead atoms. The first-order valence-corrected chi connectivity index (χ1v) is 10.4. The molecule has 1 aliphatic carbocycles. The van der Waals surface area contributed by atoms with E-state index in [4.69, 9.17) is 9.40 Å². The Labute approximate surface area is 171 Å². The predicted octanol–water partition coefficient (Wildman–Crippen LogP) is 3.50. The minimum absolute atomic E-state index is 0.500. The van der Waals surface area contributed by atoms with Crippen LogP contribution in [0.2, 0.25) is 0 Å². The highest BCUT2D eigenvalue weighted by atomic mass is 32.2. The Morgan fingerprint density at radius 1 is 1.14 bits per heavy atom. The van der Waals surface area contributed by atoms with Gasteiger partial charge in [0.25, 0.3) is 0 Å². The molecule has 0 N–H and O–H groups in total. The molecule has 0 aliphatic heterocycles. The van der Waals surface area contributed by atoms with Crippen molar-refractivity contribution in [2.45, 2.75) is 49.3 Å². The fraction of sp³-hybridized carbons (Fsp3) is 0.300. The minimum Gasteiger partial charge on any atom is -0.467 e. The van der Waals surface area contributed by atoms with Crippen molar-refractivity contribution >= 4 is 11.8 Å². The molecule has 0 fully saturated rings. The molecule has 9 heteroatoms. The van der Waals surface area contributed by atoms with Crippen molar-refractivity contribution in [2.24, 2.45) is 0 Å². The molecule has 0 amide bonds. The lowest BCUT2D eigenvalue weighted by Gasteiger charge is -2.18. The maximum atomic E-state index is 5.57. The second kappa shape index (κ2) is 7.75. The number of fused-ring (bicyclic) bond motifs is 1. The normalized spacial score (nSPS) is 13.4. The first kappa shape index (κ1) is 18.0. The van der Waals surface area contributed by atoms with Gasteiger partial charge < -0.3 is 4.42 Å². The molecular formula is C20H19N7OS. The highest BCUT2D eigenvalue weighted by molar-refractivity contribution is 7.99. The fourth-order valence-corrected chi connectivity index (χ4v) is 4.55. The van der Waals surface area contributed by atoms with E-state index in [2.05, 4.69) is 25.1 Å². The average Bonchev–Trinajstić information content (AvgIpc) is 3.39. The van der Waals surface area contributed by atoms with Gasteiger partial charge in [-0.2, -0.15) is 0 Å².